The number of carboxylic acid groups (broad SMARTS) is 1. The van der Waals surface area contributed by atoms with Gasteiger partial charge in [0.15, 0.2) is 5.69 Å². The molecule has 1 aromatic heterocycles. The molecule has 1 saturated heterocycles. The number of anilines is 1. The third kappa shape index (κ3) is 2.36. The van der Waals surface area contributed by atoms with Crippen molar-refractivity contribution in [2.45, 2.75) is 19.4 Å². The van der Waals surface area contributed by atoms with Gasteiger partial charge in [-0.25, -0.2) is 9.78 Å². The Bertz CT molecular complexity index is 434. The lowest BCUT2D eigenvalue weighted by atomic mass is 10.0. The molecule has 6 nitrogen and oxygen atoms in total. The minimum absolute atomic E-state index is 0.0372. The van der Waals surface area contributed by atoms with E-state index in [4.69, 9.17) is 9.84 Å². The summed E-state index contributed by atoms with van der Waals surface area (Å²) in [5, 5.41) is 8.89. The molecule has 2 rings (SSSR count). The van der Waals surface area contributed by atoms with E-state index < -0.39 is 5.97 Å². The van der Waals surface area contributed by atoms with Crippen molar-refractivity contribution in [3.05, 3.63) is 18.1 Å². The summed E-state index contributed by atoms with van der Waals surface area (Å²) in [7, 11) is 0. The maximum Gasteiger partial charge on any atom is 0.356 e. The number of carboxylic acids is 1. The van der Waals surface area contributed by atoms with E-state index in [2.05, 4.69) is 9.97 Å². The van der Waals surface area contributed by atoms with Gasteiger partial charge in [0.2, 0.25) is 0 Å². The van der Waals surface area contributed by atoms with Crippen LogP contribution >= 0.6 is 0 Å². The number of hydrogen-bond donors (Lipinski definition) is 1. The lowest BCUT2D eigenvalue weighted by Gasteiger charge is -2.42. The average molecular weight is 237 g/mol. The summed E-state index contributed by atoms with van der Waals surface area (Å²) in [6.45, 7) is 5.95. The standard InChI is InChI=1S/C11H15N3O3/c1-11(2)7-17-4-3-14(11)9-6-12-5-8(13-9)10(15)16/h5-6H,3-4,7H2,1-2H3,(H,15,16). The monoisotopic (exact) mass is 237 g/mol. The van der Waals surface area contributed by atoms with E-state index in [-0.39, 0.29) is 11.2 Å². The molecule has 1 aliphatic heterocycles. The molecule has 1 N–H and O–H groups in total. The molecule has 0 saturated carbocycles. The number of nitrogens with zero attached hydrogens (tertiary/aromatic N) is 3. The molecule has 0 spiro atoms. The number of morpholine rings is 1. The van der Waals surface area contributed by atoms with Crippen molar-refractivity contribution < 1.29 is 14.6 Å². The first-order valence-electron chi connectivity index (χ1n) is 5.41. The molecule has 0 atom stereocenters. The third-order valence-corrected chi connectivity index (χ3v) is 2.76. The second kappa shape index (κ2) is 4.29. The van der Waals surface area contributed by atoms with E-state index in [0.717, 1.165) is 0 Å². The molecule has 0 bridgehead atoms. The highest BCUT2D eigenvalue weighted by atomic mass is 16.5. The Morgan fingerprint density at radius 1 is 1.53 bits per heavy atom. The predicted octanol–water partition coefficient (Wildman–Crippen LogP) is 0.790. The van der Waals surface area contributed by atoms with Gasteiger partial charge in [0, 0.05) is 6.54 Å². The van der Waals surface area contributed by atoms with Gasteiger partial charge in [-0.2, -0.15) is 0 Å². The lowest BCUT2D eigenvalue weighted by Crippen LogP contribution is -2.53. The van der Waals surface area contributed by atoms with Crippen molar-refractivity contribution in [1.29, 1.82) is 0 Å². The largest absolute Gasteiger partial charge is 0.476 e. The molecule has 17 heavy (non-hydrogen) atoms. The number of carbonyl (C=O) groups is 1. The van der Waals surface area contributed by atoms with Crippen LogP contribution in [0.3, 0.4) is 0 Å². The van der Waals surface area contributed by atoms with Crippen LogP contribution in [0, 0.1) is 0 Å². The van der Waals surface area contributed by atoms with Gasteiger partial charge in [0.05, 0.1) is 31.1 Å². The molecule has 1 aliphatic rings. The molecular formula is C11H15N3O3. The van der Waals surface area contributed by atoms with Crippen LogP contribution < -0.4 is 4.90 Å². The molecule has 0 unspecified atom stereocenters. The van der Waals surface area contributed by atoms with Crippen LogP contribution in [-0.2, 0) is 4.74 Å². The topological polar surface area (TPSA) is 75.5 Å². The van der Waals surface area contributed by atoms with Crippen molar-refractivity contribution in [3.8, 4) is 0 Å². The third-order valence-electron chi connectivity index (χ3n) is 2.76. The first kappa shape index (κ1) is 11.8. The quantitative estimate of drug-likeness (QED) is 0.819. The van der Waals surface area contributed by atoms with Gasteiger partial charge in [0.1, 0.15) is 5.82 Å². The van der Waals surface area contributed by atoms with Gasteiger partial charge < -0.3 is 14.7 Å². The Kier molecular flexibility index (Phi) is 2.97. The van der Waals surface area contributed by atoms with Crippen molar-refractivity contribution in [1.82, 2.24) is 9.97 Å². The first-order valence-corrected chi connectivity index (χ1v) is 5.41. The summed E-state index contributed by atoms with van der Waals surface area (Å²) in [5.41, 5.74) is -0.242. The Balaban J connectivity index is 2.32. The summed E-state index contributed by atoms with van der Waals surface area (Å²) in [6.07, 6.45) is 2.83. The zero-order valence-corrected chi connectivity index (χ0v) is 9.88. The number of aromatic carboxylic acids is 1. The zero-order valence-electron chi connectivity index (χ0n) is 9.88. The van der Waals surface area contributed by atoms with Crippen LogP contribution in [-0.4, -0.2) is 46.3 Å². The fraction of sp³-hybridized carbons (Fsp3) is 0.545. The molecule has 1 aromatic rings. The Hall–Kier alpha value is -1.69. The minimum Gasteiger partial charge on any atom is -0.476 e. The van der Waals surface area contributed by atoms with Crippen LogP contribution in [0.2, 0.25) is 0 Å². The fourth-order valence-corrected chi connectivity index (χ4v) is 1.87. The molecule has 0 amide bonds. The highest BCUT2D eigenvalue weighted by molar-refractivity contribution is 5.85. The summed E-state index contributed by atoms with van der Waals surface area (Å²) in [6, 6.07) is 0. The van der Waals surface area contributed by atoms with Gasteiger partial charge in [-0.1, -0.05) is 0 Å². The molecule has 2 heterocycles. The van der Waals surface area contributed by atoms with Crippen LogP contribution in [0.15, 0.2) is 12.4 Å². The molecule has 92 valence electrons. The Morgan fingerprint density at radius 3 is 2.94 bits per heavy atom. The maximum absolute atomic E-state index is 10.9. The van der Waals surface area contributed by atoms with Crippen LogP contribution in [0.5, 0.6) is 0 Å². The average Bonchev–Trinajstić information content (AvgIpc) is 2.28. The molecular weight excluding hydrogens is 222 g/mol. The van der Waals surface area contributed by atoms with E-state index in [9.17, 15) is 4.79 Å². The number of hydrogen-bond acceptors (Lipinski definition) is 5. The van der Waals surface area contributed by atoms with Crippen molar-refractivity contribution in [3.63, 3.8) is 0 Å². The van der Waals surface area contributed by atoms with Crippen molar-refractivity contribution in [2.24, 2.45) is 0 Å². The highest BCUT2D eigenvalue weighted by Gasteiger charge is 2.31. The predicted molar refractivity (Wildman–Crippen MR) is 61.2 cm³/mol. The molecule has 0 radical (unpaired) electrons. The Morgan fingerprint density at radius 2 is 2.29 bits per heavy atom. The number of rotatable bonds is 2. The lowest BCUT2D eigenvalue weighted by molar-refractivity contribution is 0.0635. The number of ether oxygens (including phenoxy) is 1. The van der Waals surface area contributed by atoms with E-state index in [1.54, 1.807) is 6.20 Å². The van der Waals surface area contributed by atoms with Crippen molar-refractivity contribution in [2.75, 3.05) is 24.7 Å². The van der Waals surface area contributed by atoms with E-state index in [1.807, 2.05) is 18.7 Å². The van der Waals surface area contributed by atoms with Gasteiger partial charge in [-0.05, 0) is 13.8 Å². The van der Waals surface area contributed by atoms with E-state index >= 15 is 0 Å². The molecule has 0 aromatic carbocycles. The van der Waals surface area contributed by atoms with Gasteiger partial charge in [-0.15, -0.1) is 0 Å². The van der Waals surface area contributed by atoms with E-state index in [1.165, 1.54) is 6.20 Å². The van der Waals surface area contributed by atoms with Gasteiger partial charge in [0.25, 0.3) is 0 Å². The highest BCUT2D eigenvalue weighted by Crippen LogP contribution is 2.24. The summed E-state index contributed by atoms with van der Waals surface area (Å²) in [5.74, 6) is -0.483. The smallest absolute Gasteiger partial charge is 0.356 e. The normalized spacial score (nSPS) is 19.1. The van der Waals surface area contributed by atoms with Crippen LogP contribution in [0.25, 0.3) is 0 Å². The number of aromatic nitrogens is 2. The zero-order chi connectivity index (χ0) is 12.5. The van der Waals surface area contributed by atoms with Crippen LogP contribution in [0.4, 0.5) is 5.82 Å². The second-order valence-electron chi connectivity index (χ2n) is 4.58. The summed E-state index contributed by atoms with van der Waals surface area (Å²) >= 11 is 0. The Labute approximate surface area is 99.2 Å². The maximum atomic E-state index is 10.9. The molecule has 6 heteroatoms. The minimum atomic E-state index is -1.06. The SMILES string of the molecule is CC1(C)COCCN1c1cncc(C(=O)O)n1. The first-order chi connectivity index (χ1) is 8.00. The van der Waals surface area contributed by atoms with Crippen molar-refractivity contribution >= 4 is 11.8 Å². The van der Waals surface area contributed by atoms with Crippen LogP contribution in [0.1, 0.15) is 24.3 Å². The molecule has 1 fully saturated rings. The summed E-state index contributed by atoms with van der Waals surface area (Å²) < 4.78 is 5.41. The summed E-state index contributed by atoms with van der Waals surface area (Å²) in [4.78, 5) is 20.9. The van der Waals surface area contributed by atoms with E-state index in [0.29, 0.717) is 25.6 Å². The van der Waals surface area contributed by atoms with Gasteiger partial charge >= 0.3 is 5.97 Å². The fourth-order valence-electron chi connectivity index (χ4n) is 1.87. The second-order valence-corrected chi connectivity index (χ2v) is 4.58. The van der Waals surface area contributed by atoms with Gasteiger partial charge in [-0.3, -0.25) is 4.98 Å². The molecule has 0 aliphatic carbocycles.